The van der Waals surface area contributed by atoms with Gasteiger partial charge in [0.15, 0.2) is 0 Å². The highest BCUT2D eigenvalue weighted by atomic mass is 16.6. The molecule has 0 radical (unpaired) electrons. The van der Waals surface area contributed by atoms with Crippen molar-refractivity contribution in [2.75, 3.05) is 29.5 Å². The van der Waals surface area contributed by atoms with E-state index in [2.05, 4.69) is 10.3 Å². The summed E-state index contributed by atoms with van der Waals surface area (Å²) in [5.74, 6) is 0.215. The Morgan fingerprint density at radius 1 is 1.07 bits per heavy atom. The van der Waals surface area contributed by atoms with Crippen LogP contribution in [0.5, 0.6) is 0 Å². The third-order valence-corrected chi connectivity index (χ3v) is 3.94. The van der Waals surface area contributed by atoms with Crippen LogP contribution in [0.15, 0.2) is 42.6 Å². The maximum atomic E-state index is 12.6. The molecule has 2 amide bonds. The third-order valence-electron chi connectivity index (χ3n) is 3.94. The first-order valence-corrected chi connectivity index (χ1v) is 9.47. The van der Waals surface area contributed by atoms with Crippen molar-refractivity contribution < 1.29 is 14.3 Å². The zero-order valence-electron chi connectivity index (χ0n) is 17.1. The molecular weight excluding hydrogens is 370 g/mol. The van der Waals surface area contributed by atoms with Crippen molar-refractivity contribution in [1.29, 1.82) is 0 Å². The summed E-state index contributed by atoms with van der Waals surface area (Å²) >= 11 is 0. The summed E-state index contributed by atoms with van der Waals surface area (Å²) < 4.78 is 5.44. The highest BCUT2D eigenvalue weighted by Crippen LogP contribution is 2.17. The number of anilines is 3. The molecule has 0 unspecified atom stereocenters. The summed E-state index contributed by atoms with van der Waals surface area (Å²) in [4.78, 5) is 30.3. The molecule has 2 aromatic rings. The number of carbonyl (C=O) groups is 2. The molecule has 1 aromatic carbocycles. The van der Waals surface area contributed by atoms with Gasteiger partial charge in [0, 0.05) is 25.2 Å². The Morgan fingerprint density at radius 3 is 2.31 bits per heavy atom. The summed E-state index contributed by atoms with van der Waals surface area (Å²) in [6.45, 7) is 5.98. The first-order chi connectivity index (χ1) is 13.6. The number of nitrogens with two attached hydrogens (primary N) is 2. The molecule has 8 heteroatoms. The lowest BCUT2D eigenvalue weighted by Gasteiger charge is -2.26. The number of carbonyl (C=O) groups excluding carboxylic acids is 2. The third kappa shape index (κ3) is 7.69. The van der Waals surface area contributed by atoms with E-state index in [1.165, 1.54) is 11.1 Å². The zero-order valence-corrected chi connectivity index (χ0v) is 17.1. The molecule has 8 nitrogen and oxygen atoms in total. The van der Waals surface area contributed by atoms with Gasteiger partial charge in [-0.2, -0.15) is 0 Å². The van der Waals surface area contributed by atoms with Crippen molar-refractivity contribution in [3.63, 3.8) is 0 Å². The Morgan fingerprint density at radius 2 is 1.72 bits per heavy atom. The summed E-state index contributed by atoms with van der Waals surface area (Å²) in [7, 11) is 0. The van der Waals surface area contributed by atoms with Crippen molar-refractivity contribution in [2.45, 2.75) is 39.2 Å². The number of nitrogens with zero attached hydrogens (tertiary/aromatic N) is 2. The van der Waals surface area contributed by atoms with Gasteiger partial charge in [0.1, 0.15) is 11.4 Å². The summed E-state index contributed by atoms with van der Waals surface area (Å²) in [6.07, 6.45) is 1.71. The van der Waals surface area contributed by atoms with Gasteiger partial charge in [-0.3, -0.25) is 9.69 Å². The second-order valence-electron chi connectivity index (χ2n) is 7.67. The number of nitrogen functional groups attached to an aromatic ring is 2. The fourth-order valence-corrected chi connectivity index (χ4v) is 2.51. The number of pyridine rings is 1. The highest BCUT2D eigenvalue weighted by Gasteiger charge is 2.24. The number of hydrogen-bond acceptors (Lipinski definition) is 6. The topological polar surface area (TPSA) is 124 Å². The minimum absolute atomic E-state index is 0.118. The standard InChI is InChI=1S/C21H29N5O3/c1-21(2,3)29-20(28)26(18-9-8-17(23)14-25-18)13-11-19(27)24-12-10-15-4-6-16(22)7-5-15/h4-9,14H,10-13,22-23H2,1-3H3,(H,24,27). The van der Waals surface area contributed by atoms with Gasteiger partial charge in [0.2, 0.25) is 5.91 Å². The maximum Gasteiger partial charge on any atom is 0.416 e. The summed E-state index contributed by atoms with van der Waals surface area (Å²) in [5.41, 5.74) is 12.9. The van der Waals surface area contributed by atoms with Crippen molar-refractivity contribution >= 4 is 29.2 Å². The second-order valence-corrected chi connectivity index (χ2v) is 7.67. The molecule has 0 spiro atoms. The van der Waals surface area contributed by atoms with Crippen LogP contribution in [0.1, 0.15) is 32.8 Å². The van der Waals surface area contributed by atoms with E-state index < -0.39 is 11.7 Å². The van der Waals surface area contributed by atoms with E-state index in [4.69, 9.17) is 16.2 Å². The van der Waals surface area contributed by atoms with E-state index in [1.54, 1.807) is 32.9 Å². The number of benzene rings is 1. The minimum atomic E-state index is -0.662. The molecule has 1 heterocycles. The smallest absolute Gasteiger partial charge is 0.416 e. The van der Waals surface area contributed by atoms with Crippen LogP contribution >= 0.6 is 0 Å². The van der Waals surface area contributed by atoms with Crippen molar-refractivity contribution in [3.8, 4) is 0 Å². The molecule has 29 heavy (non-hydrogen) atoms. The molecule has 0 atom stereocenters. The maximum absolute atomic E-state index is 12.6. The largest absolute Gasteiger partial charge is 0.443 e. The van der Waals surface area contributed by atoms with Gasteiger partial charge in [0.05, 0.1) is 11.9 Å². The summed E-state index contributed by atoms with van der Waals surface area (Å²) in [5, 5.41) is 2.86. The second kappa shape index (κ2) is 9.77. The van der Waals surface area contributed by atoms with Gasteiger partial charge in [-0.1, -0.05) is 12.1 Å². The predicted octanol–water partition coefficient (Wildman–Crippen LogP) is 2.74. The van der Waals surface area contributed by atoms with Gasteiger partial charge in [-0.05, 0) is 57.0 Å². The van der Waals surface area contributed by atoms with Gasteiger partial charge in [-0.25, -0.2) is 9.78 Å². The van der Waals surface area contributed by atoms with Crippen LogP contribution in [0, 0.1) is 0 Å². The number of nitrogens with one attached hydrogen (secondary N) is 1. The number of amides is 2. The molecular formula is C21H29N5O3. The number of rotatable bonds is 7. The van der Waals surface area contributed by atoms with Gasteiger partial charge < -0.3 is 21.5 Å². The molecule has 5 N–H and O–H groups in total. The molecule has 2 rings (SSSR count). The van der Waals surface area contributed by atoms with Crippen LogP contribution in [0.3, 0.4) is 0 Å². The first-order valence-electron chi connectivity index (χ1n) is 9.47. The molecule has 1 aromatic heterocycles. The van der Waals surface area contributed by atoms with Crippen LogP contribution in [0.25, 0.3) is 0 Å². The van der Waals surface area contributed by atoms with Crippen molar-refractivity contribution in [3.05, 3.63) is 48.2 Å². The molecule has 0 aliphatic heterocycles. The predicted molar refractivity (Wildman–Crippen MR) is 114 cm³/mol. The van der Waals surface area contributed by atoms with E-state index in [1.807, 2.05) is 24.3 Å². The van der Waals surface area contributed by atoms with E-state index >= 15 is 0 Å². The quantitative estimate of drug-likeness (QED) is 0.615. The normalized spacial score (nSPS) is 11.0. The fourth-order valence-electron chi connectivity index (χ4n) is 2.51. The Kier molecular flexibility index (Phi) is 7.41. The number of ether oxygens (including phenoxy) is 1. The van der Waals surface area contributed by atoms with Crippen molar-refractivity contribution in [1.82, 2.24) is 10.3 Å². The fraction of sp³-hybridized carbons (Fsp3) is 0.381. The lowest BCUT2D eigenvalue weighted by molar-refractivity contribution is -0.120. The number of hydrogen-bond donors (Lipinski definition) is 3. The van der Waals surface area contributed by atoms with E-state index in [-0.39, 0.29) is 18.9 Å². The van der Waals surface area contributed by atoms with Gasteiger partial charge >= 0.3 is 6.09 Å². The van der Waals surface area contributed by atoms with E-state index in [9.17, 15) is 9.59 Å². The van der Waals surface area contributed by atoms with Crippen LogP contribution in [0.4, 0.5) is 22.0 Å². The van der Waals surface area contributed by atoms with Crippen LogP contribution < -0.4 is 21.7 Å². The monoisotopic (exact) mass is 399 g/mol. The Bertz CT molecular complexity index is 814. The van der Waals surface area contributed by atoms with E-state index in [0.29, 0.717) is 30.2 Å². The van der Waals surface area contributed by atoms with Crippen LogP contribution in [-0.2, 0) is 16.0 Å². The SMILES string of the molecule is CC(C)(C)OC(=O)N(CCC(=O)NCCc1ccc(N)cc1)c1ccc(N)cn1. The minimum Gasteiger partial charge on any atom is -0.443 e. The molecule has 0 aliphatic rings. The Hall–Kier alpha value is -3.29. The number of aromatic nitrogens is 1. The van der Waals surface area contributed by atoms with Crippen LogP contribution in [-0.4, -0.2) is 35.7 Å². The van der Waals surface area contributed by atoms with Gasteiger partial charge in [-0.15, -0.1) is 0 Å². The molecule has 0 saturated carbocycles. The lowest BCUT2D eigenvalue weighted by Crippen LogP contribution is -2.39. The molecule has 0 bridgehead atoms. The first kappa shape index (κ1) is 22.0. The molecule has 0 saturated heterocycles. The molecule has 0 aliphatic carbocycles. The van der Waals surface area contributed by atoms with E-state index in [0.717, 1.165) is 5.56 Å². The molecule has 156 valence electrons. The Balaban J connectivity index is 1.92. The van der Waals surface area contributed by atoms with Gasteiger partial charge in [0.25, 0.3) is 0 Å². The Labute approximate surface area is 171 Å². The zero-order chi connectivity index (χ0) is 21.4. The average Bonchev–Trinajstić information content (AvgIpc) is 2.63. The van der Waals surface area contributed by atoms with Crippen molar-refractivity contribution in [2.24, 2.45) is 0 Å². The highest BCUT2D eigenvalue weighted by molar-refractivity contribution is 5.88. The molecule has 0 fully saturated rings. The summed E-state index contributed by atoms with van der Waals surface area (Å²) in [6, 6.07) is 10.8. The lowest BCUT2D eigenvalue weighted by atomic mass is 10.1. The average molecular weight is 399 g/mol. The van der Waals surface area contributed by atoms with Crippen LogP contribution in [0.2, 0.25) is 0 Å².